The van der Waals surface area contributed by atoms with Crippen LogP contribution in [0.2, 0.25) is 0 Å². The number of rotatable bonds is 8. The van der Waals surface area contributed by atoms with Gasteiger partial charge in [0.05, 0.1) is 0 Å². The Kier molecular flexibility index (Phi) is 7.01. The lowest BCUT2D eigenvalue weighted by Crippen LogP contribution is -2.29. The van der Waals surface area contributed by atoms with E-state index in [4.69, 9.17) is 0 Å². The molecule has 0 spiro atoms. The normalized spacial score (nSPS) is 13.3. The molecule has 29 heavy (non-hydrogen) atoms. The maximum absolute atomic E-state index is 13.4. The van der Waals surface area contributed by atoms with Crippen LogP contribution in [0, 0.1) is 23.4 Å². The van der Waals surface area contributed by atoms with Crippen molar-refractivity contribution in [3.8, 4) is 11.1 Å². The Bertz CT molecular complexity index is 927. The average molecular weight is 400 g/mol. The third kappa shape index (κ3) is 5.43. The highest BCUT2D eigenvalue weighted by Gasteiger charge is 2.16. The van der Waals surface area contributed by atoms with E-state index in [1.165, 1.54) is 0 Å². The van der Waals surface area contributed by atoms with Crippen molar-refractivity contribution < 1.29 is 18.3 Å². The van der Waals surface area contributed by atoms with Crippen LogP contribution >= 0.6 is 0 Å². The van der Waals surface area contributed by atoms with Crippen LogP contribution in [0.25, 0.3) is 11.1 Å². The van der Waals surface area contributed by atoms with Gasteiger partial charge in [0.15, 0.2) is 17.5 Å². The molecule has 0 aliphatic rings. The van der Waals surface area contributed by atoms with Crippen LogP contribution in [0.15, 0.2) is 60.9 Å². The molecule has 0 aliphatic heterocycles. The molecule has 1 aromatic heterocycles. The molecule has 0 saturated carbocycles. The van der Waals surface area contributed by atoms with Crippen LogP contribution < -0.4 is 5.32 Å². The van der Waals surface area contributed by atoms with Crippen LogP contribution in [0.3, 0.4) is 0 Å². The molecule has 2 N–H and O–H groups in total. The lowest BCUT2D eigenvalue weighted by molar-refractivity contribution is 0.218. The summed E-state index contributed by atoms with van der Waals surface area (Å²) in [6, 6.07) is 14.0. The summed E-state index contributed by atoms with van der Waals surface area (Å²) in [6.07, 6.45) is 3.73. The second kappa shape index (κ2) is 9.67. The number of aliphatic hydroxyl groups excluding tert-OH is 1. The Morgan fingerprint density at radius 1 is 0.966 bits per heavy atom. The zero-order chi connectivity index (χ0) is 20.8. The quantitative estimate of drug-likeness (QED) is 0.540. The number of hydrogen-bond donors (Lipinski definition) is 2. The zero-order valence-corrected chi connectivity index (χ0v) is 16.1. The van der Waals surface area contributed by atoms with Crippen molar-refractivity contribution in [1.29, 1.82) is 0 Å². The molecule has 3 rings (SSSR count). The van der Waals surface area contributed by atoms with Crippen LogP contribution in [0.1, 0.15) is 24.1 Å². The van der Waals surface area contributed by atoms with Crippen molar-refractivity contribution in [3.05, 3.63) is 89.5 Å². The molecule has 0 aliphatic carbocycles. The molecule has 0 fully saturated rings. The monoisotopic (exact) mass is 400 g/mol. The van der Waals surface area contributed by atoms with Crippen molar-refractivity contribution in [3.63, 3.8) is 0 Å². The summed E-state index contributed by atoms with van der Waals surface area (Å²) in [7, 11) is 0. The Balaban J connectivity index is 1.64. The third-order valence-electron chi connectivity index (χ3n) is 4.94. The van der Waals surface area contributed by atoms with Gasteiger partial charge in [0.2, 0.25) is 0 Å². The van der Waals surface area contributed by atoms with Crippen molar-refractivity contribution >= 4 is 0 Å². The molecule has 2 atom stereocenters. The number of benzene rings is 2. The van der Waals surface area contributed by atoms with Gasteiger partial charge in [-0.2, -0.15) is 0 Å². The fourth-order valence-electron chi connectivity index (χ4n) is 3.25. The molecular weight excluding hydrogens is 377 g/mol. The molecule has 0 radical (unpaired) electrons. The molecular formula is C23H23F3N2O. The molecule has 3 nitrogen and oxygen atoms in total. The summed E-state index contributed by atoms with van der Waals surface area (Å²) in [4.78, 5) is 4.03. The third-order valence-corrected chi connectivity index (χ3v) is 4.94. The maximum atomic E-state index is 13.4. The van der Waals surface area contributed by atoms with Gasteiger partial charge < -0.3 is 10.4 Å². The summed E-state index contributed by atoms with van der Waals surface area (Å²) in [5.41, 5.74) is 3.54. The van der Waals surface area contributed by atoms with Gasteiger partial charge in [0.1, 0.15) is 0 Å². The Morgan fingerprint density at radius 3 is 2.31 bits per heavy atom. The molecule has 1 heterocycles. The first kappa shape index (κ1) is 21.0. The van der Waals surface area contributed by atoms with Gasteiger partial charge in [0.25, 0.3) is 0 Å². The highest BCUT2D eigenvalue weighted by molar-refractivity contribution is 5.63. The molecule has 2 unspecified atom stereocenters. The zero-order valence-electron chi connectivity index (χ0n) is 16.1. The number of halogens is 3. The van der Waals surface area contributed by atoms with Crippen molar-refractivity contribution in [2.24, 2.45) is 5.92 Å². The van der Waals surface area contributed by atoms with Gasteiger partial charge in [0, 0.05) is 31.6 Å². The number of hydrogen-bond acceptors (Lipinski definition) is 3. The van der Waals surface area contributed by atoms with Gasteiger partial charge in [-0.1, -0.05) is 18.2 Å². The van der Waals surface area contributed by atoms with Crippen molar-refractivity contribution in [2.45, 2.75) is 19.4 Å². The fourth-order valence-corrected chi connectivity index (χ4v) is 3.25. The number of nitrogens with one attached hydrogen (secondary N) is 1. The summed E-state index contributed by atoms with van der Waals surface area (Å²) in [6.45, 7) is 2.30. The number of aliphatic hydroxyl groups is 1. The fraction of sp³-hybridized carbons (Fsp3) is 0.261. The first-order valence-corrected chi connectivity index (χ1v) is 9.46. The predicted molar refractivity (Wildman–Crippen MR) is 107 cm³/mol. The van der Waals surface area contributed by atoms with Gasteiger partial charge in [-0.3, -0.25) is 4.98 Å². The molecule has 152 valence electrons. The Hall–Kier alpha value is -2.70. The van der Waals surface area contributed by atoms with Crippen molar-refractivity contribution in [1.82, 2.24) is 10.3 Å². The van der Waals surface area contributed by atoms with Gasteiger partial charge in [-0.05, 0) is 71.8 Å². The number of nitrogens with zero attached hydrogens (tertiary/aromatic N) is 1. The maximum Gasteiger partial charge on any atom is 0.194 e. The van der Waals surface area contributed by atoms with E-state index in [1.807, 2.05) is 37.3 Å². The number of aromatic nitrogens is 1. The summed E-state index contributed by atoms with van der Waals surface area (Å²) >= 11 is 0. The van der Waals surface area contributed by atoms with Gasteiger partial charge in [-0.15, -0.1) is 0 Å². The minimum absolute atomic E-state index is 0.00697. The molecule has 0 bridgehead atoms. The highest BCUT2D eigenvalue weighted by Crippen LogP contribution is 2.23. The minimum atomic E-state index is -1.48. The highest BCUT2D eigenvalue weighted by atomic mass is 19.2. The summed E-state index contributed by atoms with van der Waals surface area (Å²) in [5, 5.41) is 13.0. The minimum Gasteiger partial charge on any atom is -0.396 e. The number of pyridine rings is 1. The van der Waals surface area contributed by atoms with Crippen LogP contribution in [-0.4, -0.2) is 23.2 Å². The van der Waals surface area contributed by atoms with Gasteiger partial charge in [-0.25, -0.2) is 13.2 Å². The standard InChI is InChI=1S/C23H23F3N2O/c1-15(19-3-2-4-20(12-19)18-5-7-27-8-6-18)28-13-17(14-29)9-16-10-21(24)23(26)22(25)11-16/h2-8,10-12,15,17,28-29H,9,13-14H2,1H3. The van der Waals surface area contributed by atoms with E-state index in [0.29, 0.717) is 12.1 Å². The van der Waals surface area contributed by atoms with E-state index in [2.05, 4.69) is 16.4 Å². The molecule has 2 aromatic carbocycles. The molecule has 0 amide bonds. The lowest BCUT2D eigenvalue weighted by Gasteiger charge is -2.20. The van der Waals surface area contributed by atoms with E-state index in [1.54, 1.807) is 12.4 Å². The van der Waals surface area contributed by atoms with E-state index >= 15 is 0 Å². The average Bonchev–Trinajstić information content (AvgIpc) is 2.75. The molecule has 0 saturated heterocycles. The molecule has 6 heteroatoms. The van der Waals surface area contributed by atoms with Crippen LogP contribution in [0.5, 0.6) is 0 Å². The SMILES string of the molecule is CC(NCC(CO)Cc1cc(F)c(F)c(F)c1)c1cccc(-c2ccncc2)c1. The smallest absolute Gasteiger partial charge is 0.194 e. The second-order valence-electron chi connectivity index (χ2n) is 7.12. The van der Waals surface area contributed by atoms with E-state index < -0.39 is 17.5 Å². The second-order valence-corrected chi connectivity index (χ2v) is 7.12. The summed E-state index contributed by atoms with van der Waals surface area (Å²) in [5.74, 6) is -4.17. The topological polar surface area (TPSA) is 45.1 Å². The van der Waals surface area contributed by atoms with Crippen LogP contribution in [-0.2, 0) is 6.42 Å². The largest absolute Gasteiger partial charge is 0.396 e. The van der Waals surface area contributed by atoms with Gasteiger partial charge >= 0.3 is 0 Å². The lowest BCUT2D eigenvalue weighted by atomic mass is 9.98. The first-order valence-electron chi connectivity index (χ1n) is 9.46. The Labute approximate surface area is 168 Å². The van der Waals surface area contributed by atoms with E-state index in [0.717, 1.165) is 28.8 Å². The Morgan fingerprint density at radius 2 is 1.66 bits per heavy atom. The van der Waals surface area contributed by atoms with Crippen LogP contribution in [0.4, 0.5) is 13.2 Å². The van der Waals surface area contributed by atoms with Crippen molar-refractivity contribution in [2.75, 3.05) is 13.2 Å². The van der Waals surface area contributed by atoms with E-state index in [-0.39, 0.29) is 25.0 Å². The first-order chi connectivity index (χ1) is 14.0. The predicted octanol–water partition coefficient (Wildman–Crippen LogP) is 4.67. The molecule has 3 aromatic rings. The van der Waals surface area contributed by atoms with E-state index in [9.17, 15) is 18.3 Å². The summed E-state index contributed by atoms with van der Waals surface area (Å²) < 4.78 is 39.9.